The van der Waals surface area contributed by atoms with E-state index in [9.17, 15) is 13.6 Å². The molecule has 0 spiro atoms. The minimum absolute atomic E-state index is 0.00619. The fourth-order valence-corrected chi connectivity index (χ4v) is 2.14. The van der Waals surface area contributed by atoms with Gasteiger partial charge in [-0.15, -0.1) is 0 Å². The van der Waals surface area contributed by atoms with Gasteiger partial charge in [-0.2, -0.15) is 8.78 Å². The lowest BCUT2D eigenvalue weighted by molar-refractivity contribution is -0.0498. The van der Waals surface area contributed by atoms with Crippen molar-refractivity contribution in [2.24, 2.45) is 0 Å². The topological polar surface area (TPSA) is 49.8 Å². The summed E-state index contributed by atoms with van der Waals surface area (Å²) in [6.07, 6.45) is 0. The second kappa shape index (κ2) is 8.24. The Balaban J connectivity index is 2.10. The van der Waals surface area contributed by atoms with Gasteiger partial charge in [-0.1, -0.05) is 30.3 Å². The van der Waals surface area contributed by atoms with Crippen molar-refractivity contribution in [3.8, 4) is 5.75 Å². The van der Waals surface area contributed by atoms with Gasteiger partial charge in [0.05, 0.1) is 6.61 Å². The standard InChI is InChI=1S/C17H17F2NO3/c18-17(19)23-15-8-6-14(7-9-15)16(22)20(10-11-21)12-13-4-2-1-3-5-13/h1-9,17,21H,10-12H2. The smallest absolute Gasteiger partial charge is 0.387 e. The fraction of sp³-hybridized carbons (Fsp3) is 0.235. The van der Waals surface area contributed by atoms with E-state index in [0.29, 0.717) is 12.1 Å². The van der Waals surface area contributed by atoms with Crippen molar-refractivity contribution in [3.05, 3.63) is 65.7 Å². The van der Waals surface area contributed by atoms with Crippen LogP contribution in [-0.2, 0) is 6.54 Å². The van der Waals surface area contributed by atoms with E-state index in [4.69, 9.17) is 5.11 Å². The molecule has 0 saturated heterocycles. The lowest BCUT2D eigenvalue weighted by Gasteiger charge is -2.22. The monoisotopic (exact) mass is 321 g/mol. The Morgan fingerprint density at radius 2 is 1.74 bits per heavy atom. The molecular weight excluding hydrogens is 304 g/mol. The van der Waals surface area contributed by atoms with Gasteiger partial charge in [0.15, 0.2) is 0 Å². The Labute approximate surface area is 132 Å². The van der Waals surface area contributed by atoms with E-state index < -0.39 is 6.61 Å². The molecule has 2 aromatic rings. The molecule has 0 radical (unpaired) electrons. The molecule has 6 heteroatoms. The summed E-state index contributed by atoms with van der Waals surface area (Å²) in [6.45, 7) is -2.52. The molecule has 1 amide bonds. The molecule has 4 nitrogen and oxygen atoms in total. The van der Waals surface area contributed by atoms with Gasteiger partial charge in [0.25, 0.3) is 5.91 Å². The Hall–Kier alpha value is -2.47. The van der Waals surface area contributed by atoms with Crippen LogP contribution in [0.5, 0.6) is 5.75 Å². The Morgan fingerprint density at radius 3 is 2.30 bits per heavy atom. The van der Waals surface area contributed by atoms with Crippen molar-refractivity contribution in [2.45, 2.75) is 13.2 Å². The van der Waals surface area contributed by atoms with Crippen molar-refractivity contribution in [3.63, 3.8) is 0 Å². The minimum atomic E-state index is -2.90. The number of carbonyl (C=O) groups is 1. The molecule has 0 fully saturated rings. The van der Waals surface area contributed by atoms with Crippen LogP contribution in [0.3, 0.4) is 0 Å². The van der Waals surface area contributed by atoms with E-state index in [2.05, 4.69) is 4.74 Å². The fourth-order valence-electron chi connectivity index (χ4n) is 2.14. The van der Waals surface area contributed by atoms with E-state index >= 15 is 0 Å². The van der Waals surface area contributed by atoms with Gasteiger partial charge in [-0.05, 0) is 29.8 Å². The van der Waals surface area contributed by atoms with Crippen LogP contribution in [0.4, 0.5) is 8.78 Å². The predicted molar refractivity (Wildman–Crippen MR) is 81.3 cm³/mol. The zero-order valence-electron chi connectivity index (χ0n) is 12.4. The van der Waals surface area contributed by atoms with Crippen LogP contribution < -0.4 is 4.74 Å². The van der Waals surface area contributed by atoms with Crippen molar-refractivity contribution in [2.75, 3.05) is 13.2 Å². The Bertz CT molecular complexity index is 617. The number of amides is 1. The van der Waals surface area contributed by atoms with Gasteiger partial charge < -0.3 is 14.7 Å². The molecule has 0 heterocycles. The second-order valence-electron chi connectivity index (χ2n) is 4.84. The van der Waals surface area contributed by atoms with Crippen molar-refractivity contribution in [1.82, 2.24) is 4.90 Å². The van der Waals surface area contributed by atoms with E-state index in [1.165, 1.54) is 29.2 Å². The predicted octanol–water partition coefficient (Wildman–Crippen LogP) is 2.92. The van der Waals surface area contributed by atoms with Gasteiger partial charge in [0.2, 0.25) is 0 Å². The number of nitrogens with zero attached hydrogens (tertiary/aromatic N) is 1. The maximum Gasteiger partial charge on any atom is 0.387 e. The average molecular weight is 321 g/mol. The third-order valence-corrected chi connectivity index (χ3v) is 3.20. The summed E-state index contributed by atoms with van der Waals surface area (Å²) in [7, 11) is 0. The van der Waals surface area contributed by atoms with Crippen LogP contribution in [0.15, 0.2) is 54.6 Å². The zero-order valence-corrected chi connectivity index (χ0v) is 12.4. The molecule has 0 aliphatic rings. The normalized spacial score (nSPS) is 10.6. The van der Waals surface area contributed by atoms with Crippen molar-refractivity contribution >= 4 is 5.91 Å². The van der Waals surface area contributed by atoms with Crippen LogP contribution in [0.25, 0.3) is 0 Å². The Morgan fingerprint density at radius 1 is 1.09 bits per heavy atom. The molecule has 0 aliphatic heterocycles. The largest absolute Gasteiger partial charge is 0.435 e. The number of alkyl halides is 2. The van der Waals surface area contributed by atoms with E-state index in [1.807, 2.05) is 30.3 Å². The lowest BCUT2D eigenvalue weighted by Crippen LogP contribution is -2.33. The number of aliphatic hydroxyl groups excluding tert-OH is 1. The lowest BCUT2D eigenvalue weighted by atomic mass is 10.1. The third kappa shape index (κ3) is 5.03. The number of hydrogen-bond donors (Lipinski definition) is 1. The molecular formula is C17H17F2NO3. The first-order chi connectivity index (χ1) is 11.1. The molecule has 0 bridgehead atoms. The molecule has 2 rings (SSSR count). The summed E-state index contributed by atoms with van der Waals surface area (Å²) in [5, 5.41) is 9.16. The number of aliphatic hydroxyl groups is 1. The van der Waals surface area contributed by atoms with Crippen molar-refractivity contribution in [1.29, 1.82) is 0 Å². The van der Waals surface area contributed by atoms with Gasteiger partial charge in [-0.3, -0.25) is 4.79 Å². The molecule has 122 valence electrons. The van der Waals surface area contributed by atoms with Gasteiger partial charge in [0.1, 0.15) is 5.75 Å². The number of rotatable bonds is 7. The van der Waals surface area contributed by atoms with Gasteiger partial charge >= 0.3 is 6.61 Å². The first-order valence-electron chi connectivity index (χ1n) is 7.09. The molecule has 2 aromatic carbocycles. The number of carbonyl (C=O) groups excluding carboxylic acids is 1. The molecule has 1 N–H and O–H groups in total. The average Bonchev–Trinajstić information content (AvgIpc) is 2.55. The van der Waals surface area contributed by atoms with Crippen molar-refractivity contribution < 1.29 is 23.4 Å². The molecule has 23 heavy (non-hydrogen) atoms. The van der Waals surface area contributed by atoms with Gasteiger partial charge in [-0.25, -0.2) is 0 Å². The quantitative estimate of drug-likeness (QED) is 0.853. The van der Waals surface area contributed by atoms with Crippen LogP contribution in [0.1, 0.15) is 15.9 Å². The number of benzene rings is 2. The molecule has 0 aromatic heterocycles. The van der Waals surface area contributed by atoms with E-state index in [1.54, 1.807) is 0 Å². The molecule has 0 atom stereocenters. The summed E-state index contributed by atoms with van der Waals surface area (Å²) < 4.78 is 28.5. The maximum atomic E-state index is 12.5. The first kappa shape index (κ1) is 16.9. The second-order valence-corrected chi connectivity index (χ2v) is 4.84. The molecule has 0 saturated carbocycles. The van der Waals surface area contributed by atoms with Gasteiger partial charge in [0, 0.05) is 18.7 Å². The van der Waals surface area contributed by atoms with E-state index in [-0.39, 0.29) is 24.8 Å². The van der Waals surface area contributed by atoms with Crippen LogP contribution in [0.2, 0.25) is 0 Å². The highest BCUT2D eigenvalue weighted by Gasteiger charge is 2.16. The van der Waals surface area contributed by atoms with Crippen LogP contribution in [-0.4, -0.2) is 35.7 Å². The Kier molecular flexibility index (Phi) is 6.05. The highest BCUT2D eigenvalue weighted by atomic mass is 19.3. The number of hydrogen-bond acceptors (Lipinski definition) is 3. The zero-order chi connectivity index (χ0) is 16.7. The summed E-state index contributed by atoms with van der Waals surface area (Å²) in [4.78, 5) is 14.0. The maximum absolute atomic E-state index is 12.5. The first-order valence-corrected chi connectivity index (χ1v) is 7.09. The summed E-state index contributed by atoms with van der Waals surface area (Å²) in [5.41, 5.74) is 1.28. The van der Waals surface area contributed by atoms with Crippen LogP contribution in [0, 0.1) is 0 Å². The SMILES string of the molecule is O=C(c1ccc(OC(F)F)cc1)N(CCO)Cc1ccccc1. The minimum Gasteiger partial charge on any atom is -0.435 e. The molecule has 0 unspecified atom stereocenters. The third-order valence-electron chi connectivity index (χ3n) is 3.20. The number of halogens is 2. The summed E-state index contributed by atoms with van der Waals surface area (Å²) in [5.74, 6) is -0.292. The summed E-state index contributed by atoms with van der Waals surface area (Å²) >= 11 is 0. The summed E-state index contributed by atoms with van der Waals surface area (Å²) in [6, 6.07) is 14.9. The highest BCUT2D eigenvalue weighted by Crippen LogP contribution is 2.17. The highest BCUT2D eigenvalue weighted by molar-refractivity contribution is 5.94. The van der Waals surface area contributed by atoms with Crippen LogP contribution >= 0.6 is 0 Å². The molecule has 0 aliphatic carbocycles. The number of ether oxygens (including phenoxy) is 1. The van der Waals surface area contributed by atoms with E-state index in [0.717, 1.165) is 5.56 Å².